The molecule has 0 saturated heterocycles. The Morgan fingerprint density at radius 2 is 2.10 bits per heavy atom. The number of carboxylic acid groups (broad SMARTS) is 1. The van der Waals surface area contributed by atoms with Crippen LogP contribution < -0.4 is 0 Å². The van der Waals surface area contributed by atoms with Gasteiger partial charge in [-0.2, -0.15) is 0 Å². The summed E-state index contributed by atoms with van der Waals surface area (Å²) in [6.45, 7) is 5.93. The molecule has 0 fully saturated rings. The average Bonchev–Trinajstić information content (AvgIpc) is 2.47. The van der Waals surface area contributed by atoms with E-state index in [1.54, 1.807) is 37.1 Å². The maximum Gasteiger partial charge on any atom is 0.316 e. The number of amides is 1. The number of carbonyl (C=O) groups excluding carboxylic acids is 1. The molecule has 5 heteroatoms. The quantitative estimate of drug-likeness (QED) is 0.455. The van der Waals surface area contributed by atoms with Gasteiger partial charge in [0, 0.05) is 18.5 Å². The standard InChI is InChI=1S/C16H21NO3S/c1-4-5-8-11-17(3)15(18)13-9-6-7-10-14(13)21-12(2)16(19)20/h4,6-7,9-10,12H,1,5,8,11H2,2-3H3,(H,19,20). The SMILES string of the molecule is C=CCCCN(C)C(=O)c1ccccc1SC(C)C(=O)O. The maximum atomic E-state index is 12.5. The first-order chi connectivity index (χ1) is 9.97. The van der Waals surface area contributed by atoms with E-state index in [-0.39, 0.29) is 5.91 Å². The lowest BCUT2D eigenvalue weighted by Gasteiger charge is -2.19. The van der Waals surface area contributed by atoms with Crippen LogP contribution in [-0.4, -0.2) is 40.7 Å². The molecule has 0 aromatic heterocycles. The summed E-state index contributed by atoms with van der Waals surface area (Å²) in [6.07, 6.45) is 3.56. The third-order valence-corrected chi connectivity index (χ3v) is 4.18. The zero-order valence-electron chi connectivity index (χ0n) is 12.4. The highest BCUT2D eigenvalue weighted by atomic mass is 32.2. The lowest BCUT2D eigenvalue weighted by atomic mass is 10.2. The molecule has 1 rings (SSSR count). The number of nitrogens with zero attached hydrogens (tertiary/aromatic N) is 1. The minimum atomic E-state index is -0.887. The first kappa shape index (κ1) is 17.3. The smallest absolute Gasteiger partial charge is 0.316 e. The molecule has 0 radical (unpaired) electrons. The minimum Gasteiger partial charge on any atom is -0.480 e. The first-order valence-corrected chi connectivity index (χ1v) is 7.70. The lowest BCUT2D eigenvalue weighted by molar-refractivity contribution is -0.136. The van der Waals surface area contributed by atoms with Crippen molar-refractivity contribution in [2.75, 3.05) is 13.6 Å². The van der Waals surface area contributed by atoms with E-state index in [9.17, 15) is 9.59 Å². The van der Waals surface area contributed by atoms with Crippen LogP contribution in [0, 0.1) is 0 Å². The third kappa shape index (κ3) is 5.27. The molecule has 0 heterocycles. The van der Waals surface area contributed by atoms with Crippen LogP contribution in [0.3, 0.4) is 0 Å². The topological polar surface area (TPSA) is 57.6 Å². The highest BCUT2D eigenvalue weighted by Gasteiger charge is 2.19. The van der Waals surface area contributed by atoms with Gasteiger partial charge in [-0.25, -0.2) is 0 Å². The highest BCUT2D eigenvalue weighted by Crippen LogP contribution is 2.27. The van der Waals surface area contributed by atoms with Crippen molar-refractivity contribution in [2.45, 2.75) is 29.9 Å². The van der Waals surface area contributed by atoms with Gasteiger partial charge in [0.1, 0.15) is 5.25 Å². The van der Waals surface area contributed by atoms with Crippen molar-refractivity contribution >= 4 is 23.6 Å². The van der Waals surface area contributed by atoms with E-state index < -0.39 is 11.2 Å². The number of unbranched alkanes of at least 4 members (excludes halogenated alkanes) is 1. The van der Waals surface area contributed by atoms with Gasteiger partial charge in [-0.3, -0.25) is 9.59 Å². The Kier molecular flexibility index (Phi) is 7.02. The predicted octanol–water partition coefficient (Wildman–Crippen LogP) is 3.29. The van der Waals surface area contributed by atoms with E-state index >= 15 is 0 Å². The van der Waals surface area contributed by atoms with Crippen molar-refractivity contribution in [1.29, 1.82) is 0 Å². The molecule has 0 saturated carbocycles. The summed E-state index contributed by atoms with van der Waals surface area (Å²) in [7, 11) is 1.76. The van der Waals surface area contributed by atoms with Gasteiger partial charge in [0.15, 0.2) is 0 Å². The van der Waals surface area contributed by atoms with Crippen LogP contribution in [0.1, 0.15) is 30.1 Å². The monoisotopic (exact) mass is 307 g/mol. The highest BCUT2D eigenvalue weighted by molar-refractivity contribution is 8.00. The molecule has 114 valence electrons. The van der Waals surface area contributed by atoms with E-state index in [1.807, 2.05) is 12.1 Å². The fraction of sp³-hybridized carbons (Fsp3) is 0.375. The Morgan fingerprint density at radius 3 is 2.71 bits per heavy atom. The number of thioether (sulfide) groups is 1. The molecule has 4 nitrogen and oxygen atoms in total. The molecule has 1 atom stereocenters. The molecule has 0 aliphatic heterocycles. The van der Waals surface area contributed by atoms with Crippen molar-refractivity contribution in [3.63, 3.8) is 0 Å². The molecule has 0 bridgehead atoms. The summed E-state index contributed by atoms with van der Waals surface area (Å²) in [6, 6.07) is 7.13. The second kappa shape index (κ2) is 8.52. The molecule has 1 unspecified atom stereocenters. The van der Waals surface area contributed by atoms with Crippen LogP contribution in [0.4, 0.5) is 0 Å². The van der Waals surface area contributed by atoms with E-state index in [4.69, 9.17) is 5.11 Å². The second-order valence-electron chi connectivity index (χ2n) is 4.75. The first-order valence-electron chi connectivity index (χ1n) is 6.82. The van der Waals surface area contributed by atoms with Crippen molar-refractivity contribution in [1.82, 2.24) is 4.90 Å². The molecular formula is C16H21NO3S. The Morgan fingerprint density at radius 1 is 1.43 bits per heavy atom. The van der Waals surface area contributed by atoms with Gasteiger partial charge in [-0.15, -0.1) is 18.3 Å². The minimum absolute atomic E-state index is 0.0836. The number of hydrogen-bond donors (Lipinski definition) is 1. The zero-order chi connectivity index (χ0) is 15.8. The number of hydrogen-bond acceptors (Lipinski definition) is 3. The van der Waals surface area contributed by atoms with Crippen LogP contribution in [0.15, 0.2) is 41.8 Å². The fourth-order valence-electron chi connectivity index (χ4n) is 1.77. The summed E-state index contributed by atoms with van der Waals surface area (Å²) < 4.78 is 0. The van der Waals surface area contributed by atoms with E-state index in [2.05, 4.69) is 6.58 Å². The van der Waals surface area contributed by atoms with Gasteiger partial charge >= 0.3 is 5.97 Å². The van der Waals surface area contributed by atoms with Gasteiger partial charge in [0.2, 0.25) is 0 Å². The Hall–Kier alpha value is -1.75. The number of allylic oxidation sites excluding steroid dienone is 1. The Balaban J connectivity index is 2.84. The number of benzene rings is 1. The predicted molar refractivity (Wildman–Crippen MR) is 85.8 cm³/mol. The van der Waals surface area contributed by atoms with Crippen LogP contribution in [0.25, 0.3) is 0 Å². The Bertz CT molecular complexity index is 516. The summed E-state index contributed by atoms with van der Waals surface area (Å²) >= 11 is 1.19. The molecule has 0 aliphatic carbocycles. The second-order valence-corrected chi connectivity index (χ2v) is 6.13. The summed E-state index contributed by atoms with van der Waals surface area (Å²) in [5.41, 5.74) is 0.553. The van der Waals surface area contributed by atoms with Gasteiger partial charge in [-0.05, 0) is 31.9 Å². The molecule has 1 N–H and O–H groups in total. The number of aliphatic carboxylic acids is 1. The molecule has 1 amide bonds. The van der Waals surface area contributed by atoms with Crippen molar-refractivity contribution in [3.05, 3.63) is 42.5 Å². The average molecular weight is 307 g/mol. The molecule has 0 spiro atoms. The third-order valence-electron chi connectivity index (χ3n) is 3.02. The summed E-state index contributed by atoms with van der Waals surface area (Å²) in [5, 5.41) is 8.41. The zero-order valence-corrected chi connectivity index (χ0v) is 13.2. The fourth-order valence-corrected chi connectivity index (χ4v) is 2.69. The largest absolute Gasteiger partial charge is 0.480 e. The van der Waals surface area contributed by atoms with Crippen molar-refractivity contribution < 1.29 is 14.7 Å². The van der Waals surface area contributed by atoms with Crippen LogP contribution in [0.5, 0.6) is 0 Å². The molecule has 21 heavy (non-hydrogen) atoms. The van der Waals surface area contributed by atoms with E-state index in [0.717, 1.165) is 12.8 Å². The molecule has 0 aliphatic rings. The normalized spacial score (nSPS) is 11.7. The van der Waals surface area contributed by atoms with E-state index in [1.165, 1.54) is 11.8 Å². The molecule has 1 aromatic carbocycles. The van der Waals surface area contributed by atoms with Crippen LogP contribution in [0.2, 0.25) is 0 Å². The van der Waals surface area contributed by atoms with Crippen LogP contribution in [-0.2, 0) is 4.79 Å². The number of carboxylic acids is 1. The van der Waals surface area contributed by atoms with Gasteiger partial charge < -0.3 is 10.0 Å². The number of rotatable bonds is 8. The van der Waals surface area contributed by atoms with Crippen molar-refractivity contribution in [2.24, 2.45) is 0 Å². The Labute approximate surface area is 129 Å². The summed E-state index contributed by atoms with van der Waals surface area (Å²) in [5.74, 6) is -0.971. The van der Waals surface area contributed by atoms with Gasteiger partial charge in [0.05, 0.1) is 5.56 Å². The lowest BCUT2D eigenvalue weighted by Crippen LogP contribution is -2.28. The van der Waals surface area contributed by atoms with Crippen LogP contribution >= 0.6 is 11.8 Å². The van der Waals surface area contributed by atoms with Crippen molar-refractivity contribution in [3.8, 4) is 0 Å². The van der Waals surface area contributed by atoms with Gasteiger partial charge in [0.25, 0.3) is 5.91 Å². The maximum absolute atomic E-state index is 12.5. The number of carbonyl (C=O) groups is 2. The molecule has 1 aromatic rings. The molecular weight excluding hydrogens is 286 g/mol. The van der Waals surface area contributed by atoms with Gasteiger partial charge in [-0.1, -0.05) is 18.2 Å². The summed E-state index contributed by atoms with van der Waals surface area (Å²) in [4.78, 5) is 25.8. The van der Waals surface area contributed by atoms with E-state index in [0.29, 0.717) is 17.0 Å².